The number of likely N-dealkylation sites (tertiary alicyclic amines) is 1. The molecule has 2 fully saturated rings. The van der Waals surface area contributed by atoms with Gasteiger partial charge in [-0.05, 0) is 11.6 Å². The number of hydrogen-bond donors (Lipinski definition) is 2. The van der Waals surface area contributed by atoms with Crippen molar-refractivity contribution in [2.24, 2.45) is 0 Å². The molecule has 0 amide bonds. The number of hydrogen-bond acceptors (Lipinski definition) is 5. The topological polar surface area (TPSA) is 62.2 Å². The zero-order valence-corrected chi connectivity index (χ0v) is 11.8. The van der Waals surface area contributed by atoms with E-state index in [1.54, 1.807) is 6.07 Å². The summed E-state index contributed by atoms with van der Waals surface area (Å²) in [6.45, 7) is 3.64. The molecule has 2 heterocycles. The van der Waals surface area contributed by atoms with Crippen molar-refractivity contribution in [1.29, 1.82) is 0 Å². The molecule has 5 nitrogen and oxygen atoms in total. The number of benzene rings is 1. The van der Waals surface area contributed by atoms with E-state index >= 15 is 0 Å². The Kier molecular flexibility index (Phi) is 4.28. The van der Waals surface area contributed by atoms with Crippen LogP contribution in [0.15, 0.2) is 18.2 Å². The maximum absolute atomic E-state index is 13.7. The number of halogens is 1. The molecule has 2 aliphatic rings. The van der Waals surface area contributed by atoms with Crippen LogP contribution in [0, 0.1) is 5.82 Å². The highest BCUT2D eigenvalue weighted by molar-refractivity contribution is 6.58. The van der Waals surface area contributed by atoms with Gasteiger partial charge in [-0.15, -0.1) is 0 Å². The number of rotatable bonds is 3. The molecular weight excluding hydrogens is 276 g/mol. The van der Waals surface area contributed by atoms with E-state index in [-0.39, 0.29) is 5.46 Å². The molecule has 1 spiro atoms. The van der Waals surface area contributed by atoms with E-state index in [4.69, 9.17) is 19.5 Å². The normalized spacial score (nSPS) is 21.9. The second-order valence-electron chi connectivity index (χ2n) is 5.61. The Balaban J connectivity index is 1.59. The monoisotopic (exact) mass is 295 g/mol. The zero-order chi connectivity index (χ0) is 14.9. The van der Waals surface area contributed by atoms with Crippen molar-refractivity contribution in [3.8, 4) is 0 Å². The van der Waals surface area contributed by atoms with E-state index in [0.717, 1.165) is 31.5 Å². The van der Waals surface area contributed by atoms with Crippen LogP contribution in [0.5, 0.6) is 0 Å². The molecule has 21 heavy (non-hydrogen) atoms. The van der Waals surface area contributed by atoms with Crippen molar-refractivity contribution < 1.29 is 23.9 Å². The van der Waals surface area contributed by atoms with Gasteiger partial charge in [-0.3, -0.25) is 4.90 Å². The van der Waals surface area contributed by atoms with E-state index in [2.05, 4.69) is 4.90 Å². The third-order valence-electron chi connectivity index (χ3n) is 4.18. The predicted octanol–water partition coefficient (Wildman–Crippen LogP) is -0.156. The van der Waals surface area contributed by atoms with Crippen LogP contribution in [-0.4, -0.2) is 54.2 Å². The van der Waals surface area contributed by atoms with Crippen molar-refractivity contribution in [1.82, 2.24) is 4.90 Å². The maximum atomic E-state index is 13.7. The number of ether oxygens (including phenoxy) is 2. The van der Waals surface area contributed by atoms with Crippen LogP contribution in [0.3, 0.4) is 0 Å². The third kappa shape index (κ3) is 3.27. The summed E-state index contributed by atoms with van der Waals surface area (Å²) in [5, 5.41) is 18.0. The predicted molar refractivity (Wildman–Crippen MR) is 75.4 cm³/mol. The van der Waals surface area contributed by atoms with Crippen LogP contribution in [0.1, 0.15) is 18.4 Å². The van der Waals surface area contributed by atoms with Gasteiger partial charge in [0, 0.05) is 37.9 Å². The molecule has 114 valence electrons. The molecule has 0 saturated carbocycles. The van der Waals surface area contributed by atoms with Crippen molar-refractivity contribution in [2.75, 3.05) is 26.3 Å². The summed E-state index contributed by atoms with van der Waals surface area (Å²) in [5.74, 6) is -0.981. The summed E-state index contributed by atoms with van der Waals surface area (Å²) in [4.78, 5) is 2.22. The quantitative estimate of drug-likeness (QED) is 0.759. The fourth-order valence-corrected chi connectivity index (χ4v) is 2.97. The van der Waals surface area contributed by atoms with E-state index in [1.807, 2.05) is 0 Å². The molecule has 2 saturated heterocycles. The van der Waals surface area contributed by atoms with E-state index in [1.165, 1.54) is 12.1 Å². The first-order valence-corrected chi connectivity index (χ1v) is 7.23. The van der Waals surface area contributed by atoms with Gasteiger partial charge in [0.05, 0.1) is 13.2 Å². The van der Waals surface area contributed by atoms with Crippen LogP contribution in [-0.2, 0) is 16.0 Å². The van der Waals surface area contributed by atoms with Crippen LogP contribution in [0.4, 0.5) is 4.39 Å². The van der Waals surface area contributed by atoms with Crippen LogP contribution < -0.4 is 5.46 Å². The largest absolute Gasteiger partial charge is 0.491 e. The maximum Gasteiger partial charge on any atom is 0.491 e. The van der Waals surface area contributed by atoms with Crippen molar-refractivity contribution in [2.45, 2.75) is 25.2 Å². The lowest BCUT2D eigenvalue weighted by atomic mass is 9.79. The second kappa shape index (κ2) is 6.02. The first-order chi connectivity index (χ1) is 10.1. The molecule has 0 aliphatic carbocycles. The van der Waals surface area contributed by atoms with E-state index in [9.17, 15) is 4.39 Å². The molecule has 0 unspecified atom stereocenters. The summed E-state index contributed by atoms with van der Waals surface area (Å²) < 4.78 is 25.1. The highest BCUT2D eigenvalue weighted by Gasteiger charge is 2.39. The molecule has 2 aliphatic heterocycles. The van der Waals surface area contributed by atoms with Gasteiger partial charge < -0.3 is 19.5 Å². The molecule has 1 aromatic carbocycles. The van der Waals surface area contributed by atoms with Gasteiger partial charge >= 0.3 is 7.12 Å². The Bertz CT molecular complexity index is 498. The Morgan fingerprint density at radius 3 is 2.43 bits per heavy atom. The first kappa shape index (κ1) is 14.9. The highest BCUT2D eigenvalue weighted by atomic mass is 19.1. The molecule has 1 aromatic rings. The average molecular weight is 295 g/mol. The molecule has 0 radical (unpaired) electrons. The Morgan fingerprint density at radius 2 is 1.86 bits per heavy atom. The van der Waals surface area contributed by atoms with Gasteiger partial charge in [0.1, 0.15) is 5.82 Å². The van der Waals surface area contributed by atoms with Gasteiger partial charge in [0.25, 0.3) is 0 Å². The molecule has 3 rings (SSSR count). The molecule has 0 aromatic heterocycles. The highest BCUT2D eigenvalue weighted by Crippen LogP contribution is 2.31. The van der Waals surface area contributed by atoms with Gasteiger partial charge in [-0.1, -0.05) is 12.1 Å². The van der Waals surface area contributed by atoms with Crippen LogP contribution in [0.25, 0.3) is 0 Å². The van der Waals surface area contributed by atoms with Crippen molar-refractivity contribution >= 4 is 12.6 Å². The van der Waals surface area contributed by atoms with Gasteiger partial charge in [-0.25, -0.2) is 4.39 Å². The Labute approximate surface area is 123 Å². The Morgan fingerprint density at radius 1 is 1.19 bits per heavy atom. The zero-order valence-electron chi connectivity index (χ0n) is 11.8. The lowest BCUT2D eigenvalue weighted by Crippen LogP contribution is -2.44. The fraction of sp³-hybridized carbons (Fsp3) is 0.571. The SMILES string of the molecule is OB(O)c1ccc(CN2CCC3(CC2)OCCO3)cc1F. The van der Waals surface area contributed by atoms with Gasteiger partial charge in [0.15, 0.2) is 5.79 Å². The van der Waals surface area contributed by atoms with Crippen LogP contribution >= 0.6 is 0 Å². The van der Waals surface area contributed by atoms with Crippen LogP contribution in [0.2, 0.25) is 0 Å². The first-order valence-electron chi connectivity index (χ1n) is 7.23. The van der Waals surface area contributed by atoms with Crippen molar-refractivity contribution in [3.63, 3.8) is 0 Å². The minimum Gasteiger partial charge on any atom is -0.423 e. The summed E-state index contributed by atoms with van der Waals surface area (Å²) in [7, 11) is -1.77. The minimum absolute atomic E-state index is 0.0934. The smallest absolute Gasteiger partial charge is 0.423 e. The standard InChI is InChI=1S/C14H19BFNO4/c16-13-9-11(1-2-12(13)15(18)19)10-17-5-3-14(4-6-17)20-7-8-21-14/h1-2,9,18-19H,3-8,10H2. The second-order valence-corrected chi connectivity index (χ2v) is 5.61. The lowest BCUT2D eigenvalue weighted by Gasteiger charge is -2.37. The summed E-state index contributed by atoms with van der Waals surface area (Å²) in [6, 6.07) is 4.51. The van der Waals surface area contributed by atoms with E-state index in [0.29, 0.717) is 19.8 Å². The average Bonchev–Trinajstić information content (AvgIpc) is 2.90. The summed E-state index contributed by atoms with van der Waals surface area (Å²) in [5.41, 5.74) is 0.727. The van der Waals surface area contributed by atoms with Gasteiger partial charge in [-0.2, -0.15) is 0 Å². The molecule has 7 heteroatoms. The van der Waals surface area contributed by atoms with E-state index < -0.39 is 18.7 Å². The molecule has 2 N–H and O–H groups in total. The lowest BCUT2D eigenvalue weighted by molar-refractivity contribution is -0.185. The Hall–Kier alpha value is -0.985. The third-order valence-corrected chi connectivity index (χ3v) is 4.18. The fourth-order valence-electron chi connectivity index (χ4n) is 2.97. The van der Waals surface area contributed by atoms with Gasteiger partial charge in [0.2, 0.25) is 0 Å². The molecular formula is C14H19BFNO4. The minimum atomic E-state index is -1.77. The molecule has 0 bridgehead atoms. The summed E-state index contributed by atoms with van der Waals surface area (Å²) in [6.07, 6.45) is 1.64. The summed E-state index contributed by atoms with van der Waals surface area (Å²) >= 11 is 0. The number of nitrogens with zero attached hydrogens (tertiary/aromatic N) is 1. The molecule has 0 atom stereocenters. The number of piperidine rings is 1. The van der Waals surface area contributed by atoms with Crippen molar-refractivity contribution in [3.05, 3.63) is 29.6 Å².